The van der Waals surface area contributed by atoms with Crippen LogP contribution in [0.5, 0.6) is 0 Å². The molecule has 7 rings (SSSR count). The Hall–Kier alpha value is -0.748. The predicted octanol–water partition coefficient (Wildman–Crippen LogP) is 24.0. The Morgan fingerprint density at radius 1 is 0.440 bits per heavy atom. The van der Waals surface area contributed by atoms with Crippen LogP contribution in [0.1, 0.15) is 162 Å². The third-order valence-corrected chi connectivity index (χ3v) is 47.0. The minimum atomic E-state index is -2.26. The van der Waals surface area contributed by atoms with E-state index in [9.17, 15) is 0 Å². The van der Waals surface area contributed by atoms with Crippen LogP contribution in [0.2, 0.25) is 48.1 Å². The van der Waals surface area contributed by atoms with E-state index in [0.29, 0.717) is 33.2 Å². The van der Waals surface area contributed by atoms with E-state index in [2.05, 4.69) is 219 Å². The number of halogens is 2. The molecule has 0 spiro atoms. The number of fused-ring (bicyclic) bond motifs is 2. The Bertz CT molecular complexity index is 3000. The molecule has 0 N–H and O–H groups in total. The number of aryl methyl sites for hydroxylation is 3. The average Bonchev–Trinajstić information content (AvgIpc) is 4.21. The molecule has 7 aromatic rings. The van der Waals surface area contributed by atoms with Crippen LogP contribution in [-0.4, -0.2) is 45.2 Å². The van der Waals surface area contributed by atoms with Crippen molar-refractivity contribution in [2.45, 2.75) is 202 Å². The first-order valence-electron chi connectivity index (χ1n) is 28.2. The van der Waals surface area contributed by atoms with Gasteiger partial charge in [0.15, 0.2) is 0 Å². The molecule has 0 radical (unpaired) electrons. The summed E-state index contributed by atoms with van der Waals surface area (Å²) in [7, 11) is -4.19. The van der Waals surface area contributed by atoms with Gasteiger partial charge in [0.1, 0.15) is 16.1 Å². The van der Waals surface area contributed by atoms with Gasteiger partial charge in [0.05, 0.1) is 0 Å². The molecule has 0 bridgehead atoms. The van der Waals surface area contributed by atoms with Crippen molar-refractivity contribution in [3.05, 3.63) is 75.7 Å². The summed E-state index contributed by atoms with van der Waals surface area (Å²) in [6, 6.07) is 19.9. The predicted molar refractivity (Wildman–Crippen MR) is 366 cm³/mol. The van der Waals surface area contributed by atoms with E-state index in [-0.39, 0.29) is 0 Å². The number of alkyl halides is 2. The first-order chi connectivity index (χ1) is 35.6. The maximum atomic E-state index is 4.29. The van der Waals surface area contributed by atoms with Crippen LogP contribution < -0.4 is 2.89 Å². The molecule has 0 atom stereocenters. The number of hydrogen-bond acceptors (Lipinski definition) is 6. The number of rotatable bonds is 23. The zero-order chi connectivity index (χ0) is 54.6. The SMILES string of the molecule is Cc1ccc(-c2sc(-c3cc4c(C#C[Si](C(C)C)(C(C)C)C(C)C)c5sc(-c6cc(CCCCCCBr)c(-c7cc[c]([Sn]([CH3])([CH3])[CH3])s7)s6)cc5c(C#C[Si](C(C)C)(C(C)C)C(C)C)c4s3)cc2CCCCCCBr)s1. The number of hydrogen-bond donors (Lipinski definition) is 0. The molecule has 11 heteroatoms. The minimum absolute atomic E-state index is 0.546. The topological polar surface area (TPSA) is 0 Å². The molecule has 404 valence electrons. The Morgan fingerprint density at radius 3 is 1.16 bits per heavy atom. The van der Waals surface area contributed by atoms with Crippen LogP contribution in [0.4, 0.5) is 0 Å². The van der Waals surface area contributed by atoms with Crippen molar-refractivity contribution in [2.75, 3.05) is 10.7 Å². The summed E-state index contributed by atoms with van der Waals surface area (Å²) >= 11 is 17.2. The van der Waals surface area contributed by atoms with Gasteiger partial charge >= 0.3 is 244 Å². The molecule has 0 fully saturated rings. The van der Waals surface area contributed by atoms with Crippen LogP contribution >= 0.6 is 99.9 Å². The molecular weight excluding hydrogens is 1300 g/mol. The molecule has 0 aliphatic heterocycles. The Morgan fingerprint density at radius 2 is 0.813 bits per heavy atom. The summed E-state index contributed by atoms with van der Waals surface area (Å²) in [4.78, 5) is 20.4. The van der Waals surface area contributed by atoms with Crippen molar-refractivity contribution in [1.29, 1.82) is 0 Å². The van der Waals surface area contributed by atoms with E-state index in [1.54, 1.807) is 2.89 Å². The van der Waals surface area contributed by atoms with Crippen molar-refractivity contribution >= 4 is 157 Å². The maximum absolute atomic E-state index is 4.29. The third kappa shape index (κ3) is 13.6. The fourth-order valence-corrected chi connectivity index (χ4v) is 35.9. The van der Waals surface area contributed by atoms with Crippen molar-refractivity contribution in [1.82, 2.24) is 0 Å². The molecule has 0 aliphatic carbocycles. The molecule has 0 nitrogen and oxygen atoms in total. The molecule has 1 aromatic carbocycles. The summed E-state index contributed by atoms with van der Waals surface area (Å²) in [6.07, 6.45) is 12.3. The first kappa shape index (κ1) is 61.9. The number of benzene rings is 1. The van der Waals surface area contributed by atoms with E-state index >= 15 is 0 Å². The van der Waals surface area contributed by atoms with Crippen molar-refractivity contribution in [3.63, 3.8) is 0 Å². The van der Waals surface area contributed by atoms with E-state index in [1.165, 1.54) is 138 Å². The van der Waals surface area contributed by atoms with Gasteiger partial charge in [-0.25, -0.2) is 0 Å². The second kappa shape index (κ2) is 26.9. The summed E-state index contributed by atoms with van der Waals surface area (Å²) in [6.45, 7) is 31.8. The van der Waals surface area contributed by atoms with Gasteiger partial charge in [-0.05, 0) is 83.2 Å². The molecule has 0 unspecified atom stereocenters. The van der Waals surface area contributed by atoms with Crippen molar-refractivity contribution in [3.8, 4) is 61.9 Å². The Kier molecular flexibility index (Phi) is 22.2. The van der Waals surface area contributed by atoms with Gasteiger partial charge in [-0.3, -0.25) is 0 Å². The van der Waals surface area contributed by atoms with Gasteiger partial charge in [-0.2, -0.15) is 0 Å². The van der Waals surface area contributed by atoms with Gasteiger partial charge in [-0.1, -0.05) is 112 Å². The minimum Gasteiger partial charge on any atom is -0.140 e. The molecule has 0 saturated heterocycles. The van der Waals surface area contributed by atoms with Gasteiger partial charge in [0, 0.05) is 29.7 Å². The van der Waals surface area contributed by atoms with Gasteiger partial charge in [-0.15, -0.1) is 22.7 Å². The summed E-state index contributed by atoms with van der Waals surface area (Å²) < 4.78 is 4.33. The molecule has 0 saturated carbocycles. The van der Waals surface area contributed by atoms with Gasteiger partial charge in [0.25, 0.3) is 0 Å². The average molecular weight is 1380 g/mol. The molecule has 0 amide bonds. The van der Waals surface area contributed by atoms with E-state index in [0.717, 1.165) is 23.5 Å². The van der Waals surface area contributed by atoms with Crippen LogP contribution in [0.15, 0.2) is 48.5 Å². The molecule has 6 heterocycles. The smallest absolute Gasteiger partial charge is 0.140 e. The zero-order valence-corrected chi connectivity index (χ0v) is 61.2. The third-order valence-electron chi connectivity index (χ3n) is 16.3. The van der Waals surface area contributed by atoms with Crippen LogP contribution in [-0.2, 0) is 12.8 Å². The first-order valence-corrected chi connectivity index (χ1v) is 49.8. The zero-order valence-electron chi connectivity index (χ0n) is 48.3. The Labute approximate surface area is 502 Å². The summed E-state index contributed by atoms with van der Waals surface area (Å²) in [5.41, 5.74) is 17.4. The molecule has 6 aromatic heterocycles. The monoisotopic (exact) mass is 1380 g/mol. The summed E-state index contributed by atoms with van der Waals surface area (Å²) in [5, 5.41) is 4.81. The standard InChI is InChI=1S/C61H77Br2S6Si2.3CH3.Sn/c1-39(2)70(40(3)4,41(5)6)33-28-48-50-37-56(54-35-46(23-18-14-16-20-30-62)58(66-54)52-25-22-32-64-52)68-60(50)49(29-34-71(42(7)8,43(9)10)44(11)12)51-38-57(69-61(48)51)55-36-47(24-19-15-17-21-31-63)59(67-55)53-27-26-45(13)65-53;;;;/h22,25-27,35-44H,14-21,23-24,30-31H2,1-13H3;3*1H3;. The van der Waals surface area contributed by atoms with Gasteiger partial charge < -0.3 is 0 Å². The fourth-order valence-electron chi connectivity index (χ4n) is 12.3. The quantitative estimate of drug-likeness (QED) is 0.0259. The second-order valence-electron chi connectivity index (χ2n) is 24.2. The van der Waals surface area contributed by atoms with E-state index in [4.69, 9.17) is 0 Å². The van der Waals surface area contributed by atoms with E-state index < -0.39 is 34.5 Å². The van der Waals surface area contributed by atoms with Crippen molar-refractivity contribution < 1.29 is 0 Å². The Balaban J connectivity index is 1.55. The second-order valence-corrected chi connectivity index (χ2v) is 59.0. The summed E-state index contributed by atoms with van der Waals surface area (Å²) in [5.74, 6) is 8.38. The molecular formula is C64H86Br2S6Si2Sn. The molecule has 75 heavy (non-hydrogen) atoms. The van der Waals surface area contributed by atoms with Crippen molar-refractivity contribution in [2.24, 2.45) is 0 Å². The van der Waals surface area contributed by atoms with Gasteiger partial charge in [0.2, 0.25) is 0 Å². The molecule has 0 aliphatic rings. The van der Waals surface area contributed by atoms with Crippen LogP contribution in [0.25, 0.3) is 59.2 Å². The van der Waals surface area contributed by atoms with Crippen LogP contribution in [0.3, 0.4) is 0 Å². The fraction of sp³-hybridized carbons (Fsp3) is 0.531. The normalized spacial score (nSPS) is 12.7. The van der Waals surface area contributed by atoms with E-state index in [1.807, 2.05) is 56.7 Å². The van der Waals surface area contributed by atoms with Crippen LogP contribution in [0, 0.1) is 29.9 Å². The number of unbranched alkanes of at least 4 members (excludes halogenated alkanes) is 6. The number of thiophene rings is 6.